The summed E-state index contributed by atoms with van der Waals surface area (Å²) in [5.74, 6) is 1.27. The highest BCUT2D eigenvalue weighted by Crippen LogP contribution is 2.33. The average Bonchev–Trinajstić information content (AvgIpc) is 3.34. The summed E-state index contributed by atoms with van der Waals surface area (Å²) < 4.78 is 32.3. The van der Waals surface area contributed by atoms with Crippen molar-refractivity contribution in [3.63, 3.8) is 0 Å². The summed E-state index contributed by atoms with van der Waals surface area (Å²) in [6, 6.07) is 8.01. The van der Waals surface area contributed by atoms with E-state index in [1.54, 1.807) is 12.1 Å². The zero-order chi connectivity index (χ0) is 20.0. The molecule has 28 heavy (non-hydrogen) atoms. The van der Waals surface area contributed by atoms with Crippen LogP contribution >= 0.6 is 0 Å². The van der Waals surface area contributed by atoms with E-state index < -0.39 is 10.0 Å². The Morgan fingerprint density at radius 2 is 1.96 bits per heavy atom. The van der Waals surface area contributed by atoms with Crippen LogP contribution in [0.1, 0.15) is 50.6 Å². The van der Waals surface area contributed by atoms with Crippen LogP contribution in [0, 0.1) is 0 Å². The number of aromatic amines is 1. The highest BCUT2D eigenvalue weighted by molar-refractivity contribution is 7.89. The van der Waals surface area contributed by atoms with Crippen molar-refractivity contribution in [2.45, 2.75) is 49.8 Å². The third-order valence-electron chi connectivity index (χ3n) is 4.75. The van der Waals surface area contributed by atoms with Crippen LogP contribution in [-0.2, 0) is 14.8 Å². The first-order valence-corrected chi connectivity index (χ1v) is 11.0. The lowest BCUT2D eigenvalue weighted by Gasteiger charge is -2.08. The van der Waals surface area contributed by atoms with E-state index in [1.807, 2.05) is 13.0 Å². The fraction of sp³-hybridized carbons (Fsp3) is 0.474. The van der Waals surface area contributed by atoms with Gasteiger partial charge in [0.05, 0.1) is 11.5 Å². The van der Waals surface area contributed by atoms with Crippen molar-refractivity contribution in [1.82, 2.24) is 14.9 Å². The number of aromatic nitrogens is 2. The molecule has 0 spiro atoms. The Hall–Kier alpha value is -2.39. The van der Waals surface area contributed by atoms with Gasteiger partial charge in [-0.1, -0.05) is 12.8 Å². The monoisotopic (exact) mass is 406 g/mol. The minimum absolute atomic E-state index is 0.00127. The van der Waals surface area contributed by atoms with E-state index in [0.717, 1.165) is 18.5 Å². The number of ether oxygens (including phenoxy) is 1. The van der Waals surface area contributed by atoms with E-state index in [0.29, 0.717) is 24.1 Å². The molecular weight excluding hydrogens is 380 g/mol. The molecule has 1 saturated carbocycles. The van der Waals surface area contributed by atoms with Crippen LogP contribution in [0.3, 0.4) is 0 Å². The normalized spacial score (nSPS) is 14.9. The lowest BCUT2D eigenvalue weighted by atomic mass is 10.0. The van der Waals surface area contributed by atoms with Gasteiger partial charge in [0, 0.05) is 30.6 Å². The molecule has 1 heterocycles. The van der Waals surface area contributed by atoms with Gasteiger partial charge >= 0.3 is 0 Å². The third kappa shape index (κ3) is 5.32. The van der Waals surface area contributed by atoms with Crippen molar-refractivity contribution in [3.05, 3.63) is 36.0 Å². The zero-order valence-electron chi connectivity index (χ0n) is 15.9. The Balaban J connectivity index is 1.46. The molecule has 3 rings (SSSR count). The van der Waals surface area contributed by atoms with Gasteiger partial charge < -0.3 is 10.1 Å². The lowest BCUT2D eigenvalue weighted by molar-refractivity contribution is -0.116. The molecule has 1 aliphatic rings. The van der Waals surface area contributed by atoms with E-state index in [-0.39, 0.29) is 23.8 Å². The van der Waals surface area contributed by atoms with Crippen molar-refractivity contribution in [2.75, 3.05) is 18.5 Å². The second kappa shape index (κ2) is 9.20. The summed E-state index contributed by atoms with van der Waals surface area (Å²) in [6.45, 7) is 2.37. The number of hydrogen-bond donors (Lipinski definition) is 3. The minimum atomic E-state index is -3.67. The van der Waals surface area contributed by atoms with Crippen molar-refractivity contribution in [1.29, 1.82) is 0 Å². The van der Waals surface area contributed by atoms with Crippen molar-refractivity contribution < 1.29 is 17.9 Å². The number of anilines is 1. The number of carbonyl (C=O) groups excluding carboxylic acids is 1. The van der Waals surface area contributed by atoms with E-state index in [1.165, 1.54) is 25.0 Å². The molecule has 0 bridgehead atoms. The SMILES string of the molecule is CCOc1ccc(S(=O)(=O)NCCC(=O)Nc2cc(C3CCCC3)[nH]n2)cc1. The van der Waals surface area contributed by atoms with Gasteiger partial charge in [0.25, 0.3) is 0 Å². The number of nitrogens with one attached hydrogen (secondary N) is 3. The molecule has 1 amide bonds. The molecule has 152 valence electrons. The minimum Gasteiger partial charge on any atom is -0.494 e. The molecule has 0 unspecified atom stereocenters. The second-order valence-corrected chi connectivity index (χ2v) is 8.56. The topological polar surface area (TPSA) is 113 Å². The largest absolute Gasteiger partial charge is 0.494 e. The number of carbonyl (C=O) groups is 1. The van der Waals surface area contributed by atoms with Crippen LogP contribution in [0.2, 0.25) is 0 Å². The van der Waals surface area contributed by atoms with E-state index in [2.05, 4.69) is 20.2 Å². The van der Waals surface area contributed by atoms with E-state index in [9.17, 15) is 13.2 Å². The molecule has 9 heteroatoms. The van der Waals surface area contributed by atoms with Crippen LogP contribution in [0.15, 0.2) is 35.2 Å². The van der Waals surface area contributed by atoms with Gasteiger partial charge in [-0.25, -0.2) is 13.1 Å². The Labute approximate surface area is 165 Å². The molecule has 2 aromatic rings. The van der Waals surface area contributed by atoms with Crippen LogP contribution in [0.5, 0.6) is 5.75 Å². The highest BCUT2D eigenvalue weighted by Gasteiger charge is 2.20. The molecule has 8 nitrogen and oxygen atoms in total. The number of hydrogen-bond acceptors (Lipinski definition) is 5. The van der Waals surface area contributed by atoms with E-state index in [4.69, 9.17) is 4.74 Å². The van der Waals surface area contributed by atoms with Crippen molar-refractivity contribution in [3.8, 4) is 5.75 Å². The van der Waals surface area contributed by atoms with Crippen molar-refractivity contribution in [2.24, 2.45) is 0 Å². The van der Waals surface area contributed by atoms with Gasteiger partial charge in [-0.15, -0.1) is 0 Å². The lowest BCUT2D eigenvalue weighted by Crippen LogP contribution is -2.27. The molecule has 1 fully saturated rings. The maximum atomic E-state index is 12.3. The van der Waals surface area contributed by atoms with Crippen LogP contribution < -0.4 is 14.8 Å². The van der Waals surface area contributed by atoms with Crippen LogP contribution in [0.4, 0.5) is 5.82 Å². The number of rotatable bonds is 9. The molecule has 3 N–H and O–H groups in total. The number of benzene rings is 1. The molecule has 1 aromatic heterocycles. The Morgan fingerprint density at radius 3 is 2.64 bits per heavy atom. The Kier molecular flexibility index (Phi) is 6.69. The molecule has 0 radical (unpaired) electrons. The molecule has 1 aromatic carbocycles. The van der Waals surface area contributed by atoms with Crippen molar-refractivity contribution >= 4 is 21.7 Å². The summed E-state index contributed by atoms with van der Waals surface area (Å²) in [6.07, 6.45) is 4.74. The first-order chi connectivity index (χ1) is 13.5. The van der Waals surface area contributed by atoms with Gasteiger partial charge in [0.15, 0.2) is 5.82 Å². The first-order valence-electron chi connectivity index (χ1n) is 9.55. The van der Waals surface area contributed by atoms with Crippen LogP contribution in [-0.4, -0.2) is 37.7 Å². The summed E-state index contributed by atoms with van der Waals surface area (Å²) in [5, 5.41) is 9.80. The summed E-state index contributed by atoms with van der Waals surface area (Å²) in [4.78, 5) is 12.2. The summed E-state index contributed by atoms with van der Waals surface area (Å²) in [7, 11) is -3.67. The Morgan fingerprint density at radius 1 is 1.25 bits per heavy atom. The molecular formula is C19H26N4O4S. The van der Waals surface area contributed by atoms with Gasteiger partial charge in [-0.05, 0) is 44.0 Å². The molecule has 0 aliphatic heterocycles. The molecule has 0 atom stereocenters. The maximum absolute atomic E-state index is 12.3. The highest BCUT2D eigenvalue weighted by atomic mass is 32.2. The fourth-order valence-electron chi connectivity index (χ4n) is 3.32. The summed E-state index contributed by atoms with van der Waals surface area (Å²) in [5.41, 5.74) is 1.05. The average molecular weight is 407 g/mol. The predicted molar refractivity (Wildman–Crippen MR) is 106 cm³/mol. The standard InChI is InChI=1S/C19H26N4O4S/c1-2-27-15-7-9-16(10-8-15)28(25,26)20-12-11-19(24)21-18-13-17(22-23-18)14-5-3-4-6-14/h7-10,13-14,20H,2-6,11-12H2,1H3,(H2,21,22,23,24). The Bertz CT molecular complexity index is 887. The number of sulfonamides is 1. The smallest absolute Gasteiger partial charge is 0.240 e. The number of amides is 1. The maximum Gasteiger partial charge on any atom is 0.240 e. The van der Waals surface area contributed by atoms with Gasteiger partial charge in [-0.3, -0.25) is 9.89 Å². The molecule has 1 aliphatic carbocycles. The van der Waals surface area contributed by atoms with Gasteiger partial charge in [0.1, 0.15) is 5.75 Å². The molecule has 0 saturated heterocycles. The quantitative estimate of drug-likeness (QED) is 0.593. The second-order valence-electron chi connectivity index (χ2n) is 6.79. The predicted octanol–water partition coefficient (Wildman–Crippen LogP) is 2.77. The number of nitrogens with zero attached hydrogens (tertiary/aromatic N) is 1. The summed E-state index contributed by atoms with van der Waals surface area (Å²) >= 11 is 0. The van der Waals surface area contributed by atoms with Gasteiger partial charge in [0.2, 0.25) is 15.9 Å². The zero-order valence-corrected chi connectivity index (χ0v) is 16.7. The third-order valence-corrected chi connectivity index (χ3v) is 6.23. The first kappa shape index (κ1) is 20.3. The van der Waals surface area contributed by atoms with E-state index >= 15 is 0 Å². The van der Waals surface area contributed by atoms with Gasteiger partial charge in [-0.2, -0.15) is 5.10 Å². The fourth-order valence-corrected chi connectivity index (χ4v) is 4.35. The number of H-pyrrole nitrogens is 1. The van der Waals surface area contributed by atoms with Crippen LogP contribution in [0.25, 0.3) is 0 Å².